The van der Waals surface area contributed by atoms with Crippen LogP contribution in [0.15, 0.2) is 42.7 Å². The molecule has 0 spiro atoms. The molecule has 28 heavy (non-hydrogen) atoms. The van der Waals surface area contributed by atoms with Crippen LogP contribution >= 0.6 is 0 Å². The lowest BCUT2D eigenvalue weighted by atomic mass is 10.1. The van der Waals surface area contributed by atoms with Crippen LogP contribution in [0.1, 0.15) is 36.5 Å². The molecule has 0 saturated heterocycles. The van der Waals surface area contributed by atoms with Crippen molar-refractivity contribution >= 4 is 10.0 Å². The van der Waals surface area contributed by atoms with Gasteiger partial charge in [-0.1, -0.05) is 12.1 Å². The summed E-state index contributed by atoms with van der Waals surface area (Å²) in [5.74, 6) is 0.890. The monoisotopic (exact) mass is 401 g/mol. The van der Waals surface area contributed by atoms with Crippen LogP contribution in [0.3, 0.4) is 0 Å². The summed E-state index contributed by atoms with van der Waals surface area (Å²) in [6.45, 7) is 4.79. The molecular weight excluding hydrogens is 374 g/mol. The second-order valence-electron chi connectivity index (χ2n) is 7.91. The minimum absolute atomic E-state index is 0.159. The highest BCUT2D eigenvalue weighted by Crippen LogP contribution is 2.32. The van der Waals surface area contributed by atoms with Crippen LogP contribution in [-0.4, -0.2) is 47.6 Å². The average molecular weight is 402 g/mol. The average Bonchev–Trinajstić information content (AvgIpc) is 3.49. The highest BCUT2D eigenvalue weighted by Gasteiger charge is 2.35. The number of hydrogen-bond acceptors (Lipinski definition) is 5. The molecule has 0 radical (unpaired) electrons. The van der Waals surface area contributed by atoms with Gasteiger partial charge in [0.05, 0.1) is 6.26 Å². The maximum absolute atomic E-state index is 12.1. The molecule has 0 amide bonds. The second-order valence-corrected chi connectivity index (χ2v) is 9.84. The van der Waals surface area contributed by atoms with E-state index in [2.05, 4.69) is 28.9 Å². The Morgan fingerprint density at radius 2 is 2.07 bits per heavy atom. The molecule has 150 valence electrons. The van der Waals surface area contributed by atoms with Gasteiger partial charge in [-0.15, -0.1) is 0 Å². The molecule has 1 fully saturated rings. The highest BCUT2D eigenvalue weighted by molar-refractivity contribution is 7.88. The number of fused-ring (bicyclic) bond motifs is 1. The fraction of sp³-hybridized carbons (Fsp3) is 0.476. The number of nitrogens with zero attached hydrogens (tertiary/aromatic N) is 3. The molecule has 2 aliphatic rings. The summed E-state index contributed by atoms with van der Waals surface area (Å²) in [7, 11) is -3.20. The first-order valence-corrected chi connectivity index (χ1v) is 11.6. The van der Waals surface area contributed by atoms with Crippen molar-refractivity contribution in [3.8, 4) is 5.75 Å². The molecule has 4 rings (SSSR count). The molecule has 0 N–H and O–H groups in total. The van der Waals surface area contributed by atoms with E-state index in [0.717, 1.165) is 42.8 Å². The Balaban J connectivity index is 1.55. The van der Waals surface area contributed by atoms with Crippen LogP contribution in [0.2, 0.25) is 0 Å². The van der Waals surface area contributed by atoms with Gasteiger partial charge in [0.2, 0.25) is 10.0 Å². The van der Waals surface area contributed by atoms with Crippen LogP contribution in [0.25, 0.3) is 0 Å². The summed E-state index contributed by atoms with van der Waals surface area (Å²) < 4.78 is 31.9. The molecule has 6 nitrogen and oxygen atoms in total. The minimum Gasteiger partial charge on any atom is -0.492 e. The van der Waals surface area contributed by atoms with Crippen molar-refractivity contribution in [3.63, 3.8) is 0 Å². The lowest BCUT2D eigenvalue weighted by molar-refractivity contribution is 0.151. The lowest BCUT2D eigenvalue weighted by Gasteiger charge is -2.26. The van der Waals surface area contributed by atoms with Gasteiger partial charge in [-0.25, -0.2) is 8.42 Å². The Morgan fingerprint density at radius 1 is 1.25 bits per heavy atom. The lowest BCUT2D eigenvalue weighted by Crippen LogP contribution is -2.34. The van der Waals surface area contributed by atoms with Crippen molar-refractivity contribution in [2.75, 3.05) is 12.9 Å². The molecule has 1 saturated carbocycles. The Labute approximate surface area is 167 Å². The first-order valence-electron chi connectivity index (χ1n) is 9.74. The maximum atomic E-state index is 12.1. The van der Waals surface area contributed by atoms with E-state index in [1.54, 1.807) is 10.5 Å². The predicted octanol–water partition coefficient (Wildman–Crippen LogP) is 2.79. The third-order valence-corrected chi connectivity index (χ3v) is 6.71. The highest BCUT2D eigenvalue weighted by atomic mass is 32.2. The number of rotatable bonds is 6. The van der Waals surface area contributed by atoms with Gasteiger partial charge in [0.25, 0.3) is 0 Å². The van der Waals surface area contributed by atoms with Crippen LogP contribution in [0.4, 0.5) is 0 Å². The minimum atomic E-state index is -3.20. The Kier molecular flexibility index (Phi) is 5.40. The van der Waals surface area contributed by atoms with Crippen LogP contribution in [0, 0.1) is 0 Å². The summed E-state index contributed by atoms with van der Waals surface area (Å²) in [4.78, 5) is 6.59. The van der Waals surface area contributed by atoms with E-state index < -0.39 is 10.0 Å². The van der Waals surface area contributed by atoms with Crippen LogP contribution < -0.4 is 4.74 Å². The zero-order valence-corrected chi connectivity index (χ0v) is 17.2. The number of aromatic nitrogens is 1. The van der Waals surface area contributed by atoms with Crippen LogP contribution in [-0.2, 0) is 29.7 Å². The topological polar surface area (TPSA) is 62.7 Å². The number of benzene rings is 1. The molecule has 1 aromatic heterocycles. The van der Waals surface area contributed by atoms with E-state index in [0.29, 0.717) is 13.2 Å². The molecule has 1 aromatic carbocycles. The number of sulfonamides is 1. The molecule has 0 bridgehead atoms. The summed E-state index contributed by atoms with van der Waals surface area (Å²) in [6, 6.07) is 10.5. The largest absolute Gasteiger partial charge is 0.492 e. The molecule has 2 aromatic rings. The van der Waals surface area contributed by atoms with E-state index in [1.165, 1.54) is 11.8 Å². The fourth-order valence-corrected chi connectivity index (χ4v) is 4.82. The van der Waals surface area contributed by atoms with Gasteiger partial charge in [-0.3, -0.25) is 9.88 Å². The molecule has 2 heterocycles. The van der Waals surface area contributed by atoms with Crippen LogP contribution in [0.5, 0.6) is 5.75 Å². The number of ether oxygens (including phenoxy) is 1. The molecular formula is C21H27N3O3S. The third-order valence-electron chi connectivity index (χ3n) is 5.43. The van der Waals surface area contributed by atoms with E-state index in [4.69, 9.17) is 4.74 Å². The van der Waals surface area contributed by atoms with Gasteiger partial charge < -0.3 is 4.74 Å². The first kappa shape index (κ1) is 19.4. The summed E-state index contributed by atoms with van der Waals surface area (Å²) in [5, 5.41) is 0. The van der Waals surface area contributed by atoms with Crippen molar-refractivity contribution in [1.82, 2.24) is 14.2 Å². The number of pyridine rings is 1. The van der Waals surface area contributed by atoms with Gasteiger partial charge in [0, 0.05) is 49.7 Å². The Morgan fingerprint density at radius 3 is 2.75 bits per heavy atom. The molecule has 7 heteroatoms. The predicted molar refractivity (Wildman–Crippen MR) is 108 cm³/mol. The zero-order valence-electron chi connectivity index (χ0n) is 16.4. The van der Waals surface area contributed by atoms with E-state index in [1.807, 2.05) is 24.4 Å². The number of hydrogen-bond donors (Lipinski definition) is 0. The SMILES string of the molecule is CC1COc2ccc(CN(C3CC3)S(C)(=O)=O)cc2CN1Cc1cccnc1. The standard InChI is InChI=1S/C21H27N3O3S/c1-16-15-27-21-8-5-17(13-24(20-6-7-20)28(2,25)26)10-19(21)14-23(16)12-18-4-3-9-22-11-18/h3-5,8-11,16,20H,6-7,12-15H2,1-2H3. The molecule has 1 aliphatic carbocycles. The Bertz CT molecular complexity index is 929. The van der Waals surface area contributed by atoms with Gasteiger partial charge in [-0.2, -0.15) is 4.31 Å². The zero-order chi connectivity index (χ0) is 19.7. The van der Waals surface area contributed by atoms with Gasteiger partial charge >= 0.3 is 0 Å². The van der Waals surface area contributed by atoms with Crippen molar-refractivity contribution in [2.24, 2.45) is 0 Å². The van der Waals surface area contributed by atoms with E-state index in [9.17, 15) is 8.42 Å². The summed E-state index contributed by atoms with van der Waals surface area (Å²) in [5.41, 5.74) is 3.29. The van der Waals surface area contributed by atoms with E-state index in [-0.39, 0.29) is 12.1 Å². The van der Waals surface area contributed by atoms with E-state index >= 15 is 0 Å². The summed E-state index contributed by atoms with van der Waals surface area (Å²) >= 11 is 0. The van der Waals surface area contributed by atoms with Crippen molar-refractivity contribution < 1.29 is 13.2 Å². The first-order chi connectivity index (χ1) is 13.4. The van der Waals surface area contributed by atoms with Crippen molar-refractivity contribution in [3.05, 3.63) is 59.4 Å². The second kappa shape index (κ2) is 7.81. The summed E-state index contributed by atoms with van der Waals surface area (Å²) in [6.07, 6.45) is 6.90. The maximum Gasteiger partial charge on any atom is 0.211 e. The quantitative estimate of drug-likeness (QED) is 0.745. The Hall–Kier alpha value is -1.96. The van der Waals surface area contributed by atoms with Gasteiger partial charge in [0.1, 0.15) is 12.4 Å². The van der Waals surface area contributed by atoms with Gasteiger partial charge in [-0.05, 0) is 49.1 Å². The van der Waals surface area contributed by atoms with Gasteiger partial charge in [0.15, 0.2) is 0 Å². The fourth-order valence-electron chi connectivity index (χ4n) is 3.68. The van der Waals surface area contributed by atoms with Crippen molar-refractivity contribution in [1.29, 1.82) is 0 Å². The third kappa shape index (κ3) is 4.54. The molecule has 1 aliphatic heterocycles. The smallest absolute Gasteiger partial charge is 0.211 e. The van der Waals surface area contributed by atoms with Crippen molar-refractivity contribution in [2.45, 2.75) is 51.5 Å². The molecule has 1 atom stereocenters. The normalized spacial score (nSPS) is 20.5. The molecule has 1 unspecified atom stereocenters.